The molecule has 2 aromatic heterocycles. The summed E-state index contributed by atoms with van der Waals surface area (Å²) in [6, 6.07) is 6.72. The van der Waals surface area contributed by atoms with Crippen molar-refractivity contribution in [3.05, 3.63) is 42.2 Å². The van der Waals surface area contributed by atoms with E-state index in [9.17, 15) is 4.79 Å². The fourth-order valence-corrected chi connectivity index (χ4v) is 2.28. The normalized spacial score (nSPS) is 10.5. The molecule has 2 heterocycles. The highest BCUT2D eigenvalue weighted by Gasteiger charge is 2.17. The van der Waals surface area contributed by atoms with E-state index in [0.717, 1.165) is 6.54 Å². The molecule has 0 aromatic carbocycles. The van der Waals surface area contributed by atoms with Crippen LogP contribution < -0.4 is 16.0 Å². The molecule has 1 amide bonds. The van der Waals surface area contributed by atoms with Crippen molar-refractivity contribution in [2.45, 2.75) is 13.8 Å². The van der Waals surface area contributed by atoms with Gasteiger partial charge in [-0.25, -0.2) is 4.98 Å². The average molecular weight is 326 g/mol. The van der Waals surface area contributed by atoms with Crippen molar-refractivity contribution in [2.24, 2.45) is 5.92 Å². The van der Waals surface area contributed by atoms with Crippen molar-refractivity contribution in [3.63, 3.8) is 0 Å². The summed E-state index contributed by atoms with van der Waals surface area (Å²) in [5, 5.41) is 10.7. The molecule has 0 spiro atoms. The monoisotopic (exact) mass is 326 g/mol. The van der Waals surface area contributed by atoms with Crippen LogP contribution in [0.1, 0.15) is 19.4 Å². The lowest BCUT2D eigenvalue weighted by Crippen LogP contribution is -2.26. The van der Waals surface area contributed by atoms with E-state index in [-0.39, 0.29) is 11.5 Å². The Bertz CT molecular complexity index is 729. The summed E-state index contributed by atoms with van der Waals surface area (Å²) in [5.41, 5.74) is 6.60. The van der Waals surface area contributed by atoms with Crippen molar-refractivity contribution in [1.29, 1.82) is 5.41 Å². The molecule has 2 aromatic rings. The van der Waals surface area contributed by atoms with Crippen LogP contribution in [0.3, 0.4) is 0 Å². The maximum Gasteiger partial charge on any atom is 0.274 e. The van der Waals surface area contributed by atoms with Crippen molar-refractivity contribution in [3.8, 4) is 0 Å². The number of hydrogen-bond donors (Lipinski definition) is 3. The molecule has 0 aliphatic heterocycles. The molecule has 0 unspecified atom stereocenters. The van der Waals surface area contributed by atoms with Crippen molar-refractivity contribution >= 4 is 28.9 Å². The van der Waals surface area contributed by atoms with Gasteiger partial charge in [0.25, 0.3) is 5.91 Å². The van der Waals surface area contributed by atoms with E-state index in [1.54, 1.807) is 36.7 Å². The van der Waals surface area contributed by atoms with Gasteiger partial charge in [-0.2, -0.15) is 0 Å². The molecule has 24 heavy (non-hydrogen) atoms. The molecular weight excluding hydrogens is 304 g/mol. The van der Waals surface area contributed by atoms with Crippen LogP contribution in [-0.2, 0) is 4.79 Å². The minimum atomic E-state index is -0.544. The second-order valence-corrected chi connectivity index (χ2v) is 5.94. The molecule has 0 bridgehead atoms. The maximum atomic E-state index is 12.2. The standard InChI is InChI=1S/C17H22N6O/c1-11(2)10-23(3)14-5-4-13(16(19)22-14)15(18)17(24)21-12-6-8-20-9-7-12/h4-9,11,18H,10H2,1-3H3,(H2,19,22)(H,20,21,24). The number of pyridine rings is 2. The second kappa shape index (κ2) is 7.54. The zero-order valence-corrected chi connectivity index (χ0v) is 14.1. The molecule has 4 N–H and O–H groups in total. The Morgan fingerprint density at radius 3 is 2.54 bits per heavy atom. The Hall–Kier alpha value is -2.96. The summed E-state index contributed by atoms with van der Waals surface area (Å²) < 4.78 is 0. The summed E-state index contributed by atoms with van der Waals surface area (Å²) in [6.45, 7) is 5.08. The van der Waals surface area contributed by atoms with Gasteiger partial charge in [0.15, 0.2) is 0 Å². The predicted molar refractivity (Wildman–Crippen MR) is 96.5 cm³/mol. The van der Waals surface area contributed by atoms with Crippen LogP contribution in [0.2, 0.25) is 0 Å². The largest absolute Gasteiger partial charge is 0.383 e. The minimum absolute atomic E-state index is 0.165. The van der Waals surface area contributed by atoms with E-state index < -0.39 is 5.91 Å². The molecule has 0 aliphatic rings. The number of carbonyl (C=O) groups is 1. The van der Waals surface area contributed by atoms with Gasteiger partial charge in [-0.1, -0.05) is 13.8 Å². The number of nitrogens with two attached hydrogens (primary N) is 1. The molecule has 0 radical (unpaired) electrons. The molecule has 0 saturated carbocycles. The number of aromatic nitrogens is 2. The fourth-order valence-electron chi connectivity index (χ4n) is 2.28. The number of carbonyl (C=O) groups excluding carboxylic acids is 1. The topological polar surface area (TPSA) is 108 Å². The number of nitrogen functional groups attached to an aromatic ring is 1. The average Bonchev–Trinajstić information content (AvgIpc) is 2.54. The third-order valence-corrected chi connectivity index (χ3v) is 3.37. The van der Waals surface area contributed by atoms with Gasteiger partial charge in [-0.05, 0) is 30.2 Å². The number of nitrogens with zero attached hydrogens (tertiary/aromatic N) is 3. The first-order valence-electron chi connectivity index (χ1n) is 7.66. The van der Waals surface area contributed by atoms with E-state index in [1.807, 2.05) is 11.9 Å². The van der Waals surface area contributed by atoms with E-state index in [0.29, 0.717) is 23.0 Å². The van der Waals surface area contributed by atoms with Crippen LogP contribution >= 0.6 is 0 Å². The number of nitrogens with one attached hydrogen (secondary N) is 2. The molecule has 0 saturated heterocycles. The van der Waals surface area contributed by atoms with Gasteiger partial charge in [-0.15, -0.1) is 0 Å². The Morgan fingerprint density at radius 2 is 1.96 bits per heavy atom. The molecule has 126 valence electrons. The molecule has 0 fully saturated rings. The van der Waals surface area contributed by atoms with E-state index in [1.165, 1.54) is 0 Å². The molecule has 0 aliphatic carbocycles. The quantitative estimate of drug-likeness (QED) is 0.705. The minimum Gasteiger partial charge on any atom is -0.383 e. The van der Waals surface area contributed by atoms with E-state index in [2.05, 4.69) is 29.1 Å². The fraction of sp³-hybridized carbons (Fsp3) is 0.294. The SMILES string of the molecule is CC(C)CN(C)c1ccc(C(=N)C(=O)Nc2ccncc2)c(N)n1. The first kappa shape index (κ1) is 17.4. The van der Waals surface area contributed by atoms with Crippen molar-refractivity contribution < 1.29 is 4.79 Å². The number of hydrogen-bond acceptors (Lipinski definition) is 6. The van der Waals surface area contributed by atoms with Gasteiger partial charge in [0, 0.05) is 37.2 Å². The van der Waals surface area contributed by atoms with Gasteiger partial charge in [0.1, 0.15) is 17.3 Å². The Labute approximate surface area is 141 Å². The van der Waals surface area contributed by atoms with Crippen LogP contribution in [0.4, 0.5) is 17.3 Å². The first-order valence-corrected chi connectivity index (χ1v) is 7.66. The maximum absolute atomic E-state index is 12.2. The zero-order valence-electron chi connectivity index (χ0n) is 14.1. The van der Waals surface area contributed by atoms with Crippen LogP contribution in [0, 0.1) is 11.3 Å². The van der Waals surface area contributed by atoms with Crippen LogP contribution in [0.5, 0.6) is 0 Å². The highest BCUT2D eigenvalue weighted by Crippen LogP contribution is 2.18. The van der Waals surface area contributed by atoms with Crippen LogP contribution in [0.15, 0.2) is 36.7 Å². The Morgan fingerprint density at radius 1 is 1.29 bits per heavy atom. The first-order chi connectivity index (χ1) is 11.4. The molecular formula is C17H22N6O. The highest BCUT2D eigenvalue weighted by atomic mass is 16.1. The van der Waals surface area contributed by atoms with Gasteiger partial charge < -0.3 is 16.0 Å². The lowest BCUT2D eigenvalue weighted by molar-refractivity contribution is -0.110. The summed E-state index contributed by atoms with van der Waals surface area (Å²) in [6.07, 6.45) is 3.13. The lowest BCUT2D eigenvalue weighted by atomic mass is 10.1. The molecule has 7 nitrogen and oxygen atoms in total. The lowest BCUT2D eigenvalue weighted by Gasteiger charge is -2.21. The third-order valence-electron chi connectivity index (χ3n) is 3.37. The Balaban J connectivity index is 2.13. The highest BCUT2D eigenvalue weighted by molar-refractivity contribution is 6.48. The van der Waals surface area contributed by atoms with Crippen LogP contribution in [0.25, 0.3) is 0 Å². The van der Waals surface area contributed by atoms with E-state index in [4.69, 9.17) is 11.1 Å². The van der Waals surface area contributed by atoms with Gasteiger partial charge in [-0.3, -0.25) is 15.2 Å². The summed E-state index contributed by atoms with van der Waals surface area (Å²) in [4.78, 5) is 22.4. The van der Waals surface area contributed by atoms with E-state index >= 15 is 0 Å². The number of rotatable bonds is 6. The van der Waals surface area contributed by atoms with Gasteiger partial charge in [0.2, 0.25) is 0 Å². The zero-order chi connectivity index (χ0) is 17.7. The third kappa shape index (κ3) is 4.28. The second-order valence-electron chi connectivity index (χ2n) is 5.94. The number of amides is 1. The van der Waals surface area contributed by atoms with Crippen molar-refractivity contribution in [1.82, 2.24) is 9.97 Å². The summed E-state index contributed by atoms with van der Waals surface area (Å²) >= 11 is 0. The van der Waals surface area contributed by atoms with Crippen molar-refractivity contribution in [2.75, 3.05) is 29.5 Å². The van der Waals surface area contributed by atoms with Gasteiger partial charge >= 0.3 is 0 Å². The molecule has 0 atom stereocenters. The molecule has 7 heteroatoms. The Kier molecular flexibility index (Phi) is 5.47. The number of anilines is 3. The molecule has 2 rings (SSSR count). The predicted octanol–water partition coefficient (Wildman–Crippen LogP) is 2.16. The summed E-state index contributed by atoms with van der Waals surface area (Å²) in [7, 11) is 1.93. The summed E-state index contributed by atoms with van der Waals surface area (Å²) in [5.74, 6) is 0.824. The smallest absolute Gasteiger partial charge is 0.274 e. The van der Waals surface area contributed by atoms with Gasteiger partial charge in [0.05, 0.1) is 0 Å². The van der Waals surface area contributed by atoms with Crippen LogP contribution in [-0.4, -0.2) is 35.2 Å².